The highest BCUT2D eigenvalue weighted by molar-refractivity contribution is 6.31. The van der Waals surface area contributed by atoms with Gasteiger partial charge in [-0.25, -0.2) is 4.79 Å². The van der Waals surface area contributed by atoms with Gasteiger partial charge in [0.25, 0.3) is 0 Å². The fourth-order valence-electron chi connectivity index (χ4n) is 3.21. The molecule has 6 nitrogen and oxygen atoms in total. The minimum Gasteiger partial charge on any atom is -0.472 e. The standard InChI is InChI=1S/C17H23ClN2O4/c18-14-10-20(15-7-6-13(11-21)24-15)17(22)19-16(14)23-9-8-12-4-2-1-3-5-12/h8,10,13,15,21H,1-7,9,11H2. The predicted octanol–water partition coefficient (Wildman–Crippen LogP) is 2.84. The molecule has 2 atom stereocenters. The molecule has 1 saturated carbocycles. The Kier molecular flexibility index (Phi) is 5.92. The Morgan fingerprint density at radius 2 is 2.17 bits per heavy atom. The highest BCUT2D eigenvalue weighted by Gasteiger charge is 2.27. The Bertz CT molecular complexity index is 650. The minimum absolute atomic E-state index is 0.0533. The van der Waals surface area contributed by atoms with Gasteiger partial charge in [0, 0.05) is 6.20 Å². The summed E-state index contributed by atoms with van der Waals surface area (Å²) in [5.74, 6) is 0.155. The van der Waals surface area contributed by atoms with Crippen molar-refractivity contribution in [2.75, 3.05) is 13.2 Å². The summed E-state index contributed by atoms with van der Waals surface area (Å²) in [5.41, 5.74) is 0.948. The lowest BCUT2D eigenvalue weighted by molar-refractivity contribution is -0.0246. The topological polar surface area (TPSA) is 73.6 Å². The summed E-state index contributed by atoms with van der Waals surface area (Å²) in [5, 5.41) is 9.41. The minimum atomic E-state index is -0.455. The molecule has 0 bridgehead atoms. The number of ether oxygens (including phenoxy) is 2. The molecule has 0 radical (unpaired) electrons. The van der Waals surface area contributed by atoms with Crippen LogP contribution in [-0.4, -0.2) is 34.0 Å². The van der Waals surface area contributed by atoms with E-state index in [1.165, 1.54) is 35.6 Å². The van der Waals surface area contributed by atoms with Crippen LogP contribution in [0.2, 0.25) is 5.02 Å². The fraction of sp³-hybridized carbons (Fsp3) is 0.647. The van der Waals surface area contributed by atoms with E-state index in [9.17, 15) is 4.79 Å². The second-order valence-corrected chi connectivity index (χ2v) is 6.70. The SMILES string of the molecule is O=c1nc(OCC=C2CCCCC2)c(Cl)cn1C1CCC(CO)O1. The summed E-state index contributed by atoms with van der Waals surface area (Å²) in [7, 11) is 0. The average Bonchev–Trinajstić information content (AvgIpc) is 3.07. The van der Waals surface area contributed by atoms with E-state index in [2.05, 4.69) is 11.1 Å². The van der Waals surface area contributed by atoms with Crippen LogP contribution in [0.4, 0.5) is 0 Å². The summed E-state index contributed by atoms with van der Waals surface area (Å²) in [6.45, 7) is 0.320. The van der Waals surface area contributed by atoms with Crippen LogP contribution in [0, 0.1) is 0 Å². The molecule has 7 heteroatoms. The van der Waals surface area contributed by atoms with Crippen LogP contribution in [0.5, 0.6) is 5.88 Å². The average molecular weight is 355 g/mol. The van der Waals surface area contributed by atoms with Crippen LogP contribution in [-0.2, 0) is 4.74 Å². The third-order valence-corrected chi connectivity index (χ3v) is 4.82. The number of hydrogen-bond acceptors (Lipinski definition) is 5. The Morgan fingerprint density at radius 3 is 2.88 bits per heavy atom. The molecular formula is C17H23ClN2O4. The quantitative estimate of drug-likeness (QED) is 0.823. The predicted molar refractivity (Wildman–Crippen MR) is 90.4 cm³/mol. The number of aliphatic hydroxyl groups excluding tert-OH is 1. The van der Waals surface area contributed by atoms with Crippen LogP contribution in [0.25, 0.3) is 0 Å². The number of aliphatic hydroxyl groups is 1. The summed E-state index contributed by atoms with van der Waals surface area (Å²) in [6, 6.07) is 0. The van der Waals surface area contributed by atoms with Gasteiger partial charge in [-0.1, -0.05) is 23.6 Å². The van der Waals surface area contributed by atoms with Gasteiger partial charge < -0.3 is 14.6 Å². The third kappa shape index (κ3) is 4.18. The van der Waals surface area contributed by atoms with Gasteiger partial charge >= 0.3 is 5.69 Å². The lowest BCUT2D eigenvalue weighted by Gasteiger charge is -2.16. The largest absolute Gasteiger partial charge is 0.472 e. The molecular weight excluding hydrogens is 332 g/mol. The van der Waals surface area contributed by atoms with Crippen LogP contribution in [0.15, 0.2) is 22.6 Å². The maximum Gasteiger partial charge on any atom is 0.353 e. The zero-order valence-electron chi connectivity index (χ0n) is 13.6. The molecule has 1 aromatic rings. The van der Waals surface area contributed by atoms with E-state index in [4.69, 9.17) is 26.2 Å². The second-order valence-electron chi connectivity index (χ2n) is 6.29. The Balaban J connectivity index is 1.65. The summed E-state index contributed by atoms with van der Waals surface area (Å²) < 4.78 is 12.5. The van der Waals surface area contributed by atoms with Gasteiger partial charge in [-0.3, -0.25) is 4.57 Å². The van der Waals surface area contributed by atoms with Crippen LogP contribution in [0.3, 0.4) is 0 Å². The van der Waals surface area contributed by atoms with Crippen LogP contribution >= 0.6 is 11.6 Å². The summed E-state index contributed by atoms with van der Waals surface area (Å²) in [6.07, 6.45) is 10.3. The molecule has 1 aromatic heterocycles. The highest BCUT2D eigenvalue weighted by Crippen LogP contribution is 2.29. The molecule has 1 N–H and O–H groups in total. The molecule has 2 fully saturated rings. The Hall–Kier alpha value is -1.37. The van der Waals surface area contributed by atoms with Gasteiger partial charge in [-0.2, -0.15) is 4.98 Å². The van der Waals surface area contributed by atoms with Crippen molar-refractivity contribution in [2.45, 2.75) is 57.3 Å². The first-order chi connectivity index (χ1) is 11.7. The van der Waals surface area contributed by atoms with E-state index < -0.39 is 11.9 Å². The molecule has 2 heterocycles. The smallest absolute Gasteiger partial charge is 0.353 e. The van der Waals surface area contributed by atoms with Crippen molar-refractivity contribution < 1.29 is 14.6 Å². The van der Waals surface area contributed by atoms with Gasteiger partial charge in [-0.15, -0.1) is 0 Å². The van der Waals surface area contributed by atoms with Gasteiger partial charge in [0.05, 0.1) is 12.7 Å². The van der Waals surface area contributed by atoms with E-state index >= 15 is 0 Å². The normalized spacial score (nSPS) is 24.2. The number of rotatable bonds is 5. The van der Waals surface area contributed by atoms with E-state index in [-0.39, 0.29) is 23.6 Å². The number of allylic oxidation sites excluding steroid dienone is 1. The van der Waals surface area contributed by atoms with Gasteiger partial charge in [-0.05, 0) is 44.6 Å². The molecule has 1 aliphatic carbocycles. The summed E-state index contributed by atoms with van der Waals surface area (Å²) >= 11 is 6.20. The third-order valence-electron chi connectivity index (χ3n) is 4.56. The Labute approximate surface area is 146 Å². The monoisotopic (exact) mass is 354 g/mol. The number of nitrogens with zero attached hydrogens (tertiary/aromatic N) is 2. The molecule has 0 amide bonds. The molecule has 2 aliphatic rings. The van der Waals surface area contributed by atoms with Gasteiger partial charge in [0.15, 0.2) is 0 Å². The van der Waals surface area contributed by atoms with Crippen molar-refractivity contribution in [3.8, 4) is 5.88 Å². The van der Waals surface area contributed by atoms with Crippen molar-refractivity contribution in [2.24, 2.45) is 0 Å². The zero-order valence-corrected chi connectivity index (χ0v) is 14.4. The first kappa shape index (κ1) is 17.5. The highest BCUT2D eigenvalue weighted by atomic mass is 35.5. The maximum absolute atomic E-state index is 12.2. The molecule has 2 unspecified atom stereocenters. The van der Waals surface area contributed by atoms with Gasteiger partial charge in [0.2, 0.25) is 5.88 Å². The zero-order chi connectivity index (χ0) is 16.9. The van der Waals surface area contributed by atoms with Gasteiger partial charge in [0.1, 0.15) is 17.9 Å². The van der Waals surface area contributed by atoms with Crippen molar-refractivity contribution in [1.82, 2.24) is 9.55 Å². The lowest BCUT2D eigenvalue weighted by Crippen LogP contribution is -2.28. The molecule has 0 spiro atoms. The Morgan fingerprint density at radius 1 is 1.38 bits per heavy atom. The van der Waals surface area contributed by atoms with E-state index in [1.54, 1.807) is 0 Å². The first-order valence-electron chi connectivity index (χ1n) is 8.53. The van der Waals surface area contributed by atoms with E-state index in [1.807, 2.05) is 0 Å². The van der Waals surface area contributed by atoms with Crippen molar-refractivity contribution in [3.63, 3.8) is 0 Å². The number of halogens is 1. The molecule has 0 aromatic carbocycles. The van der Waals surface area contributed by atoms with Crippen molar-refractivity contribution >= 4 is 11.6 Å². The molecule has 132 valence electrons. The molecule has 24 heavy (non-hydrogen) atoms. The molecule has 1 saturated heterocycles. The van der Waals surface area contributed by atoms with E-state index in [0.717, 1.165) is 12.8 Å². The first-order valence-corrected chi connectivity index (χ1v) is 8.91. The van der Waals surface area contributed by atoms with E-state index in [0.29, 0.717) is 19.4 Å². The second kappa shape index (κ2) is 8.14. The van der Waals surface area contributed by atoms with Crippen LogP contribution < -0.4 is 10.4 Å². The van der Waals surface area contributed by atoms with Crippen molar-refractivity contribution in [3.05, 3.63) is 33.4 Å². The lowest BCUT2D eigenvalue weighted by atomic mass is 9.95. The number of aromatic nitrogens is 2. The molecule has 1 aliphatic heterocycles. The number of hydrogen-bond donors (Lipinski definition) is 1. The molecule has 3 rings (SSSR count). The van der Waals surface area contributed by atoms with Crippen molar-refractivity contribution in [1.29, 1.82) is 0 Å². The maximum atomic E-state index is 12.2. The fourth-order valence-corrected chi connectivity index (χ4v) is 3.41. The summed E-state index contributed by atoms with van der Waals surface area (Å²) in [4.78, 5) is 16.1. The van der Waals surface area contributed by atoms with Crippen LogP contribution in [0.1, 0.15) is 51.2 Å².